The van der Waals surface area contributed by atoms with E-state index >= 15 is 0 Å². The normalized spacial score (nSPS) is 13.8. The summed E-state index contributed by atoms with van der Waals surface area (Å²) in [5.41, 5.74) is 0.570. The minimum Gasteiger partial charge on any atom is -0.293 e. The molecule has 2 rings (SSSR count). The van der Waals surface area contributed by atoms with Gasteiger partial charge in [-0.3, -0.25) is 9.00 Å². The molecule has 2 nitrogen and oxygen atoms in total. The Kier molecular flexibility index (Phi) is 5.29. The molecule has 2 atom stereocenters. The molecule has 0 aliphatic rings. The fourth-order valence-corrected chi connectivity index (χ4v) is 3.96. The second-order valence-corrected chi connectivity index (χ2v) is 7.75. The van der Waals surface area contributed by atoms with Crippen LogP contribution >= 0.6 is 31.9 Å². The fraction of sp³-hybridized carbons (Fsp3) is 0.133. The molecule has 2 aromatic carbocycles. The molecule has 5 heteroatoms. The Morgan fingerprint density at radius 3 is 2.25 bits per heavy atom. The van der Waals surface area contributed by atoms with E-state index in [0.29, 0.717) is 10.5 Å². The molecule has 0 spiro atoms. The quantitative estimate of drug-likeness (QED) is 0.684. The summed E-state index contributed by atoms with van der Waals surface area (Å²) in [6.45, 7) is 1.69. The van der Waals surface area contributed by atoms with Crippen LogP contribution in [0.2, 0.25) is 0 Å². The zero-order valence-corrected chi connectivity index (χ0v) is 14.7. The zero-order chi connectivity index (χ0) is 14.7. The van der Waals surface area contributed by atoms with Gasteiger partial charge in [-0.25, -0.2) is 0 Å². The van der Waals surface area contributed by atoms with E-state index in [-0.39, 0.29) is 5.78 Å². The molecule has 0 N–H and O–H groups in total. The third kappa shape index (κ3) is 3.45. The van der Waals surface area contributed by atoms with Crippen LogP contribution in [0.4, 0.5) is 0 Å². The maximum Gasteiger partial charge on any atom is 0.178 e. The number of carbonyl (C=O) groups excluding carboxylic acids is 1. The van der Waals surface area contributed by atoms with Gasteiger partial charge in [0.2, 0.25) is 0 Å². The molecule has 0 heterocycles. The molecular formula is C15H12Br2O2S. The van der Waals surface area contributed by atoms with Crippen LogP contribution in [0.1, 0.15) is 17.3 Å². The van der Waals surface area contributed by atoms with Crippen LogP contribution in [0.15, 0.2) is 62.4 Å². The van der Waals surface area contributed by atoms with Crippen molar-refractivity contribution in [1.82, 2.24) is 0 Å². The summed E-state index contributed by atoms with van der Waals surface area (Å²) in [7, 11) is -1.38. The molecule has 0 amide bonds. The van der Waals surface area contributed by atoms with Crippen LogP contribution in [0.5, 0.6) is 0 Å². The molecule has 0 fully saturated rings. The molecular weight excluding hydrogens is 404 g/mol. The monoisotopic (exact) mass is 414 g/mol. The lowest BCUT2D eigenvalue weighted by molar-refractivity contribution is 0.0992. The first-order chi connectivity index (χ1) is 9.50. The van der Waals surface area contributed by atoms with Crippen molar-refractivity contribution < 1.29 is 9.00 Å². The number of hydrogen-bond donors (Lipinski definition) is 0. The number of halogens is 2. The molecule has 0 saturated heterocycles. The molecule has 2 unspecified atom stereocenters. The summed E-state index contributed by atoms with van der Waals surface area (Å²) in [5, 5.41) is -0.588. The third-order valence-corrected chi connectivity index (χ3v) is 6.00. The van der Waals surface area contributed by atoms with Crippen molar-refractivity contribution in [2.75, 3.05) is 0 Å². The molecule has 20 heavy (non-hydrogen) atoms. The summed E-state index contributed by atoms with van der Waals surface area (Å²) in [6, 6.07) is 14.3. The lowest BCUT2D eigenvalue weighted by Crippen LogP contribution is -2.23. The predicted molar refractivity (Wildman–Crippen MR) is 88.5 cm³/mol. The van der Waals surface area contributed by atoms with E-state index in [4.69, 9.17) is 0 Å². The third-order valence-electron chi connectivity index (χ3n) is 2.87. The molecule has 0 aliphatic heterocycles. The topological polar surface area (TPSA) is 34.1 Å². The Balaban J connectivity index is 2.25. The molecule has 104 valence electrons. The van der Waals surface area contributed by atoms with Crippen LogP contribution in [0.25, 0.3) is 0 Å². The van der Waals surface area contributed by atoms with Crippen molar-refractivity contribution in [1.29, 1.82) is 0 Å². The number of hydrogen-bond acceptors (Lipinski definition) is 2. The Morgan fingerprint density at radius 1 is 1.05 bits per heavy atom. The summed E-state index contributed by atoms with van der Waals surface area (Å²) >= 11 is 6.70. The average Bonchev–Trinajstić information content (AvgIpc) is 2.46. The fourth-order valence-electron chi connectivity index (χ4n) is 1.74. The standard InChI is InChI=1S/C15H12Br2O2S/c1-10(15(18)11-6-8-12(16)9-7-11)20(19)14-5-3-2-4-13(14)17/h2-10H,1H3. The van der Waals surface area contributed by atoms with Crippen molar-refractivity contribution in [3.05, 3.63) is 63.0 Å². The van der Waals surface area contributed by atoms with Gasteiger partial charge in [0.25, 0.3) is 0 Å². The van der Waals surface area contributed by atoms with E-state index in [2.05, 4.69) is 31.9 Å². The first kappa shape index (κ1) is 15.6. The van der Waals surface area contributed by atoms with Crippen molar-refractivity contribution >= 4 is 48.4 Å². The number of Topliss-reactive ketones (excluding diaryl/α,β-unsaturated/α-hetero) is 1. The Bertz CT molecular complexity index is 653. The predicted octanol–water partition coefficient (Wildman–Crippen LogP) is 4.59. The highest BCUT2D eigenvalue weighted by atomic mass is 79.9. The van der Waals surface area contributed by atoms with Crippen molar-refractivity contribution in [2.45, 2.75) is 17.1 Å². The minimum atomic E-state index is -1.38. The smallest absolute Gasteiger partial charge is 0.178 e. The first-order valence-corrected chi connectivity index (χ1v) is 8.75. The minimum absolute atomic E-state index is 0.119. The van der Waals surface area contributed by atoms with Gasteiger partial charge in [-0.2, -0.15) is 0 Å². The van der Waals surface area contributed by atoms with Crippen molar-refractivity contribution in [3.63, 3.8) is 0 Å². The molecule has 2 aromatic rings. The number of benzene rings is 2. The largest absolute Gasteiger partial charge is 0.293 e. The average molecular weight is 416 g/mol. The Morgan fingerprint density at radius 2 is 1.65 bits per heavy atom. The van der Waals surface area contributed by atoms with E-state index in [1.807, 2.05) is 18.2 Å². The second-order valence-electron chi connectivity index (χ2n) is 4.24. The highest BCUT2D eigenvalue weighted by molar-refractivity contribution is 9.10. The van der Waals surface area contributed by atoms with Crippen molar-refractivity contribution in [3.8, 4) is 0 Å². The van der Waals surface area contributed by atoms with Gasteiger partial charge in [-0.15, -0.1) is 0 Å². The molecule has 0 radical (unpaired) electrons. The highest BCUT2D eigenvalue weighted by Crippen LogP contribution is 2.23. The van der Waals surface area contributed by atoms with Crippen LogP contribution in [-0.4, -0.2) is 15.2 Å². The summed E-state index contributed by atoms with van der Waals surface area (Å²) in [4.78, 5) is 13.0. The van der Waals surface area contributed by atoms with Crippen LogP contribution in [0.3, 0.4) is 0 Å². The van der Waals surface area contributed by atoms with Crippen LogP contribution < -0.4 is 0 Å². The lowest BCUT2D eigenvalue weighted by Gasteiger charge is -2.12. The van der Waals surface area contributed by atoms with Gasteiger partial charge in [0.1, 0.15) is 0 Å². The highest BCUT2D eigenvalue weighted by Gasteiger charge is 2.23. The van der Waals surface area contributed by atoms with Gasteiger partial charge < -0.3 is 0 Å². The summed E-state index contributed by atoms with van der Waals surface area (Å²) < 4.78 is 14.2. The summed E-state index contributed by atoms with van der Waals surface area (Å²) in [5.74, 6) is -0.119. The van der Waals surface area contributed by atoms with Crippen molar-refractivity contribution in [2.24, 2.45) is 0 Å². The van der Waals surface area contributed by atoms with E-state index in [1.54, 1.807) is 37.3 Å². The second kappa shape index (κ2) is 6.78. The Labute approximate surface area is 137 Å². The van der Waals surface area contributed by atoms with Gasteiger partial charge in [0.05, 0.1) is 20.9 Å². The molecule has 0 aliphatic carbocycles. The summed E-state index contributed by atoms with van der Waals surface area (Å²) in [6.07, 6.45) is 0. The van der Waals surface area contributed by atoms with E-state index < -0.39 is 16.0 Å². The van der Waals surface area contributed by atoms with Crippen LogP contribution in [-0.2, 0) is 10.8 Å². The van der Waals surface area contributed by atoms with E-state index in [0.717, 1.165) is 8.95 Å². The lowest BCUT2D eigenvalue weighted by atomic mass is 10.1. The van der Waals surface area contributed by atoms with Gasteiger partial charge in [0.15, 0.2) is 5.78 Å². The maximum absolute atomic E-state index is 12.5. The SMILES string of the molecule is CC(C(=O)c1ccc(Br)cc1)S(=O)c1ccccc1Br. The maximum atomic E-state index is 12.5. The van der Waals surface area contributed by atoms with Gasteiger partial charge in [-0.05, 0) is 47.1 Å². The zero-order valence-electron chi connectivity index (χ0n) is 10.7. The molecule has 0 saturated carbocycles. The number of rotatable bonds is 4. The van der Waals surface area contributed by atoms with Crippen LogP contribution in [0, 0.1) is 0 Å². The number of carbonyl (C=O) groups is 1. The molecule has 0 bridgehead atoms. The van der Waals surface area contributed by atoms with Gasteiger partial charge >= 0.3 is 0 Å². The first-order valence-electron chi connectivity index (χ1n) is 5.95. The number of ketones is 1. The van der Waals surface area contributed by atoms with Gasteiger partial charge in [0, 0.05) is 14.5 Å². The van der Waals surface area contributed by atoms with E-state index in [1.165, 1.54) is 0 Å². The molecule has 0 aromatic heterocycles. The van der Waals surface area contributed by atoms with E-state index in [9.17, 15) is 9.00 Å². The van der Waals surface area contributed by atoms with Gasteiger partial charge in [-0.1, -0.05) is 40.2 Å². The Hall–Kier alpha value is -0.780.